The van der Waals surface area contributed by atoms with Gasteiger partial charge in [0.1, 0.15) is 0 Å². The molecule has 2 aliphatic heterocycles. The van der Waals surface area contributed by atoms with Crippen LogP contribution in [0.4, 0.5) is 0 Å². The van der Waals surface area contributed by atoms with E-state index in [4.69, 9.17) is 0 Å². The van der Waals surface area contributed by atoms with Crippen molar-refractivity contribution in [3.05, 3.63) is 0 Å². The Morgan fingerprint density at radius 3 is 1.18 bits per heavy atom. The summed E-state index contributed by atoms with van der Waals surface area (Å²) in [4.78, 5) is 6.83. The minimum absolute atomic E-state index is 0.942. The molecule has 2 saturated heterocycles. The fourth-order valence-corrected chi connectivity index (χ4v) is 21.7. The highest BCUT2D eigenvalue weighted by Crippen LogP contribution is 2.59. The Morgan fingerprint density at radius 2 is 0.565 bits per heavy atom. The molecule has 350 valence electrons. The molecular formula is C60H100N2. The molecular weight excluding hydrogens is 749 g/mol. The van der Waals surface area contributed by atoms with Crippen LogP contribution in [-0.4, -0.2) is 46.1 Å². The lowest BCUT2D eigenvalue weighted by atomic mass is 9.61. The summed E-state index contributed by atoms with van der Waals surface area (Å²) in [5.74, 6) is 15.0. The van der Waals surface area contributed by atoms with E-state index in [-0.39, 0.29) is 0 Å². The molecule has 0 aromatic heterocycles. The molecule has 2 heterocycles. The van der Waals surface area contributed by atoms with Crippen LogP contribution in [0.2, 0.25) is 0 Å². The monoisotopic (exact) mass is 849 g/mol. The third-order valence-electron chi connectivity index (χ3n) is 24.4. The summed E-state index contributed by atoms with van der Waals surface area (Å²) in [6.07, 6.45) is 63.1. The summed E-state index contributed by atoms with van der Waals surface area (Å²) in [6.45, 7) is 0. The lowest BCUT2D eigenvalue weighted by Gasteiger charge is -2.51. The van der Waals surface area contributed by atoms with Gasteiger partial charge in [0.15, 0.2) is 0 Å². The summed E-state index contributed by atoms with van der Waals surface area (Å²) in [5.41, 5.74) is 0. The maximum atomic E-state index is 3.49. The van der Waals surface area contributed by atoms with Gasteiger partial charge in [0.2, 0.25) is 0 Å². The fourth-order valence-electron chi connectivity index (χ4n) is 21.7. The number of hydrogen-bond acceptors (Lipinski definition) is 2. The molecule has 0 amide bonds. The molecule has 0 N–H and O–H groups in total. The summed E-state index contributed by atoms with van der Waals surface area (Å²) < 4.78 is 0. The van der Waals surface area contributed by atoms with Crippen LogP contribution in [0, 0.1) is 82.9 Å². The quantitative estimate of drug-likeness (QED) is 0.252. The van der Waals surface area contributed by atoms with Crippen molar-refractivity contribution in [1.29, 1.82) is 0 Å². The molecule has 12 aliphatic rings. The minimum atomic E-state index is 0.942. The third kappa shape index (κ3) is 8.56. The predicted octanol–water partition coefficient (Wildman–Crippen LogP) is 16.2. The SMILES string of the molecule is C1CCC(C2CCC(N3C4CCCCC4C4CC(C5CCCC(C6CCC7C8CCCCC8N(C8CC(C9CCCCC9)CC(C9CCCCC9)C8)C7C6)C5)CCC43)CC2)CC1. The molecule has 14 atom stereocenters. The number of rotatable bonds is 7. The fraction of sp³-hybridized carbons (Fsp3) is 1.00. The minimum Gasteiger partial charge on any atom is -0.294 e. The van der Waals surface area contributed by atoms with Gasteiger partial charge in [-0.1, -0.05) is 141 Å². The Balaban J connectivity index is 0.721. The van der Waals surface area contributed by atoms with E-state index in [0.717, 1.165) is 119 Å². The summed E-state index contributed by atoms with van der Waals surface area (Å²) in [5, 5.41) is 0. The largest absolute Gasteiger partial charge is 0.294 e. The van der Waals surface area contributed by atoms with E-state index in [1.807, 2.05) is 0 Å². The molecule has 2 nitrogen and oxygen atoms in total. The topological polar surface area (TPSA) is 6.48 Å². The lowest BCUT2D eigenvalue weighted by Crippen LogP contribution is -2.52. The molecule has 0 aromatic carbocycles. The van der Waals surface area contributed by atoms with Crippen molar-refractivity contribution in [3.63, 3.8) is 0 Å². The van der Waals surface area contributed by atoms with Crippen LogP contribution in [0.15, 0.2) is 0 Å². The van der Waals surface area contributed by atoms with E-state index < -0.39 is 0 Å². The van der Waals surface area contributed by atoms with Crippen LogP contribution in [-0.2, 0) is 0 Å². The van der Waals surface area contributed by atoms with Gasteiger partial charge < -0.3 is 0 Å². The average Bonchev–Trinajstić information content (AvgIpc) is 3.87. The van der Waals surface area contributed by atoms with Crippen LogP contribution in [0.1, 0.15) is 257 Å². The van der Waals surface area contributed by atoms with Gasteiger partial charge in [-0.15, -0.1) is 0 Å². The second kappa shape index (κ2) is 19.5. The van der Waals surface area contributed by atoms with Crippen LogP contribution in [0.3, 0.4) is 0 Å². The van der Waals surface area contributed by atoms with Crippen molar-refractivity contribution in [2.24, 2.45) is 82.9 Å². The van der Waals surface area contributed by atoms with Crippen LogP contribution >= 0.6 is 0 Å². The first kappa shape index (κ1) is 43.2. The molecule has 2 heteroatoms. The highest BCUT2D eigenvalue weighted by Gasteiger charge is 2.57. The number of likely N-dealkylation sites (tertiary alicyclic amines) is 2. The van der Waals surface area contributed by atoms with Crippen molar-refractivity contribution in [3.8, 4) is 0 Å². The Labute approximate surface area is 384 Å². The maximum Gasteiger partial charge on any atom is 0.0135 e. The van der Waals surface area contributed by atoms with E-state index in [0.29, 0.717) is 0 Å². The van der Waals surface area contributed by atoms with E-state index >= 15 is 0 Å². The zero-order chi connectivity index (χ0) is 41.0. The van der Waals surface area contributed by atoms with Gasteiger partial charge >= 0.3 is 0 Å². The summed E-state index contributed by atoms with van der Waals surface area (Å²) in [6, 6.07) is 5.77. The van der Waals surface area contributed by atoms with E-state index in [1.54, 1.807) is 218 Å². The molecule has 10 aliphatic carbocycles. The zero-order valence-electron chi connectivity index (χ0n) is 40.7. The third-order valence-corrected chi connectivity index (χ3v) is 24.4. The van der Waals surface area contributed by atoms with Gasteiger partial charge in [-0.25, -0.2) is 0 Å². The molecule has 10 saturated carbocycles. The van der Waals surface area contributed by atoms with Gasteiger partial charge in [0.05, 0.1) is 0 Å². The average molecular weight is 849 g/mol. The molecule has 0 bridgehead atoms. The highest BCUT2D eigenvalue weighted by atomic mass is 15.3. The molecule has 0 radical (unpaired) electrons. The Kier molecular flexibility index (Phi) is 13.6. The highest BCUT2D eigenvalue weighted by molar-refractivity contribution is 5.10. The van der Waals surface area contributed by atoms with Crippen LogP contribution < -0.4 is 0 Å². The van der Waals surface area contributed by atoms with Gasteiger partial charge in [-0.05, 0) is 198 Å². The van der Waals surface area contributed by atoms with Gasteiger partial charge in [-0.3, -0.25) is 9.80 Å². The molecule has 12 fully saturated rings. The van der Waals surface area contributed by atoms with Crippen LogP contribution in [0.25, 0.3) is 0 Å². The second-order valence-electron chi connectivity index (χ2n) is 26.9. The van der Waals surface area contributed by atoms with Gasteiger partial charge in [0.25, 0.3) is 0 Å². The first-order valence-electron chi connectivity index (χ1n) is 30.3. The first-order chi connectivity index (χ1) is 30.7. The normalized spacial score (nSPS) is 49.5. The first-order valence-corrected chi connectivity index (χ1v) is 30.3. The zero-order valence-corrected chi connectivity index (χ0v) is 40.7. The van der Waals surface area contributed by atoms with Crippen molar-refractivity contribution in [2.45, 2.75) is 293 Å². The van der Waals surface area contributed by atoms with Crippen molar-refractivity contribution in [2.75, 3.05) is 0 Å². The van der Waals surface area contributed by atoms with Crippen molar-refractivity contribution in [1.82, 2.24) is 9.80 Å². The van der Waals surface area contributed by atoms with E-state index in [9.17, 15) is 0 Å². The predicted molar refractivity (Wildman–Crippen MR) is 260 cm³/mol. The molecule has 0 aromatic rings. The standard InChI is InChI=1S/C60H100N2/c1-4-15-41(16-5-1)44-27-31-51(32-28-44)61-58-26-13-11-24-54(58)56-39-47(30-34-59(56)61)45-21-14-22-46(35-45)48-29-33-55-53-23-10-12-25-57(53)62(60(55)40-48)52-37-49(42-17-6-2-7-18-42)36-50(38-52)43-19-8-3-9-20-43/h41-60H,1-40H2. The Hall–Kier alpha value is -0.0800. The van der Waals surface area contributed by atoms with Crippen molar-refractivity contribution < 1.29 is 0 Å². The van der Waals surface area contributed by atoms with E-state index in [2.05, 4.69) is 9.80 Å². The van der Waals surface area contributed by atoms with Crippen molar-refractivity contribution >= 4 is 0 Å². The van der Waals surface area contributed by atoms with Gasteiger partial charge in [-0.2, -0.15) is 0 Å². The number of hydrogen-bond donors (Lipinski definition) is 0. The van der Waals surface area contributed by atoms with E-state index in [1.165, 1.54) is 38.5 Å². The van der Waals surface area contributed by atoms with Gasteiger partial charge in [0, 0.05) is 36.3 Å². The summed E-state index contributed by atoms with van der Waals surface area (Å²) >= 11 is 0. The molecule has 0 spiro atoms. The lowest BCUT2D eigenvalue weighted by molar-refractivity contribution is -0.0102. The number of nitrogens with zero attached hydrogens (tertiary/aromatic N) is 2. The molecule has 14 unspecified atom stereocenters. The van der Waals surface area contributed by atoms with Crippen LogP contribution in [0.5, 0.6) is 0 Å². The molecule has 12 rings (SSSR count). The Bertz CT molecular complexity index is 1390. The molecule has 62 heavy (non-hydrogen) atoms. The summed E-state index contributed by atoms with van der Waals surface area (Å²) in [7, 11) is 0. The second-order valence-corrected chi connectivity index (χ2v) is 26.9. The smallest absolute Gasteiger partial charge is 0.0135 e. The maximum absolute atomic E-state index is 3.49. The Morgan fingerprint density at radius 1 is 0.177 bits per heavy atom. The number of fused-ring (bicyclic) bond motifs is 6.